The van der Waals surface area contributed by atoms with Gasteiger partial charge in [0.1, 0.15) is 0 Å². The predicted molar refractivity (Wildman–Crippen MR) is 94.1 cm³/mol. The van der Waals surface area contributed by atoms with Gasteiger partial charge in [0.05, 0.1) is 9.82 Å². The second kappa shape index (κ2) is 10.6. The summed E-state index contributed by atoms with van der Waals surface area (Å²) in [6, 6.07) is 4.89. The largest absolute Gasteiger partial charge is 0.385 e. The summed E-state index contributed by atoms with van der Waals surface area (Å²) in [5.41, 5.74) is -0.276. The first kappa shape index (κ1) is 20.8. The summed E-state index contributed by atoms with van der Waals surface area (Å²) >= 11 is 0. The van der Waals surface area contributed by atoms with E-state index in [-0.39, 0.29) is 17.1 Å². The SMILES string of the molecule is CN=C(NCCCOC)NCCNS(=O)(=O)c1cccc([N+](=O)[O-])c1. The van der Waals surface area contributed by atoms with Crippen LogP contribution in [0.4, 0.5) is 5.69 Å². The number of nitrogens with zero attached hydrogens (tertiary/aromatic N) is 2. The molecule has 1 aromatic carbocycles. The van der Waals surface area contributed by atoms with E-state index in [9.17, 15) is 18.5 Å². The van der Waals surface area contributed by atoms with Crippen LogP contribution < -0.4 is 15.4 Å². The zero-order chi connectivity index (χ0) is 18.7. The second-order valence-corrected chi connectivity index (χ2v) is 6.69. The number of ether oxygens (including phenoxy) is 1. The number of nitrogens with one attached hydrogen (secondary N) is 3. The van der Waals surface area contributed by atoms with E-state index in [2.05, 4.69) is 20.3 Å². The van der Waals surface area contributed by atoms with Crippen molar-refractivity contribution in [2.45, 2.75) is 11.3 Å². The maximum atomic E-state index is 12.1. The number of hydrogen-bond donors (Lipinski definition) is 3. The van der Waals surface area contributed by atoms with E-state index in [1.54, 1.807) is 14.2 Å². The molecule has 0 atom stereocenters. The average Bonchev–Trinajstić information content (AvgIpc) is 2.60. The Morgan fingerprint density at radius 3 is 2.64 bits per heavy atom. The van der Waals surface area contributed by atoms with E-state index in [4.69, 9.17) is 4.74 Å². The number of non-ortho nitro benzene ring substituents is 1. The number of methoxy groups -OCH3 is 1. The normalized spacial score (nSPS) is 12.0. The van der Waals surface area contributed by atoms with Gasteiger partial charge in [0.2, 0.25) is 10.0 Å². The summed E-state index contributed by atoms with van der Waals surface area (Å²) in [7, 11) is -0.581. The van der Waals surface area contributed by atoms with Crippen molar-refractivity contribution in [2.24, 2.45) is 4.99 Å². The summed E-state index contributed by atoms with van der Waals surface area (Å²) in [5, 5.41) is 16.8. The first-order valence-electron chi connectivity index (χ1n) is 7.58. The number of nitro groups is 1. The van der Waals surface area contributed by atoms with Gasteiger partial charge in [-0.05, 0) is 12.5 Å². The molecule has 0 aliphatic carbocycles. The monoisotopic (exact) mass is 373 g/mol. The fraction of sp³-hybridized carbons (Fsp3) is 0.500. The Morgan fingerprint density at radius 1 is 1.28 bits per heavy atom. The van der Waals surface area contributed by atoms with Gasteiger partial charge in [-0.2, -0.15) is 0 Å². The molecule has 11 heteroatoms. The summed E-state index contributed by atoms with van der Waals surface area (Å²) in [6.07, 6.45) is 0.816. The number of benzene rings is 1. The van der Waals surface area contributed by atoms with E-state index in [1.807, 2.05) is 0 Å². The molecular weight excluding hydrogens is 350 g/mol. The number of nitro benzene ring substituents is 1. The van der Waals surface area contributed by atoms with Gasteiger partial charge >= 0.3 is 0 Å². The van der Waals surface area contributed by atoms with E-state index in [0.717, 1.165) is 12.5 Å². The third-order valence-corrected chi connectivity index (χ3v) is 4.55. The van der Waals surface area contributed by atoms with Gasteiger partial charge < -0.3 is 15.4 Å². The van der Waals surface area contributed by atoms with Crippen molar-refractivity contribution < 1.29 is 18.1 Å². The molecule has 140 valence electrons. The molecule has 3 N–H and O–H groups in total. The molecular formula is C14H23N5O5S. The van der Waals surface area contributed by atoms with Gasteiger partial charge in [-0.1, -0.05) is 6.07 Å². The van der Waals surface area contributed by atoms with E-state index in [1.165, 1.54) is 18.2 Å². The molecule has 0 fully saturated rings. The van der Waals surface area contributed by atoms with Crippen LogP contribution >= 0.6 is 0 Å². The summed E-state index contributed by atoms with van der Waals surface area (Å²) < 4.78 is 31.6. The van der Waals surface area contributed by atoms with Crippen molar-refractivity contribution in [3.8, 4) is 0 Å². The molecule has 0 radical (unpaired) electrons. The van der Waals surface area contributed by atoms with Crippen molar-refractivity contribution in [3.05, 3.63) is 34.4 Å². The molecule has 1 rings (SSSR count). The van der Waals surface area contributed by atoms with E-state index >= 15 is 0 Å². The minimum absolute atomic E-state index is 0.101. The van der Waals surface area contributed by atoms with Gasteiger partial charge in [-0.15, -0.1) is 0 Å². The smallest absolute Gasteiger partial charge is 0.270 e. The van der Waals surface area contributed by atoms with Crippen LogP contribution in [-0.2, 0) is 14.8 Å². The van der Waals surface area contributed by atoms with Crippen molar-refractivity contribution in [1.82, 2.24) is 15.4 Å². The third-order valence-electron chi connectivity index (χ3n) is 3.09. The minimum atomic E-state index is -3.82. The Morgan fingerprint density at radius 2 is 2.00 bits per heavy atom. The number of sulfonamides is 1. The van der Waals surface area contributed by atoms with Crippen LogP contribution in [0.1, 0.15) is 6.42 Å². The zero-order valence-corrected chi connectivity index (χ0v) is 15.0. The summed E-state index contributed by atoms with van der Waals surface area (Å²) in [6.45, 7) is 1.71. The lowest BCUT2D eigenvalue weighted by atomic mass is 10.3. The van der Waals surface area contributed by atoms with Crippen molar-refractivity contribution >= 4 is 21.7 Å². The Labute approximate surface area is 146 Å². The average molecular weight is 373 g/mol. The number of guanidine groups is 1. The molecule has 0 aliphatic rings. The van der Waals surface area contributed by atoms with Crippen LogP contribution in [0.3, 0.4) is 0 Å². The summed E-state index contributed by atoms with van der Waals surface area (Å²) in [4.78, 5) is 14.0. The van der Waals surface area contributed by atoms with Gasteiger partial charge in [0, 0.05) is 52.5 Å². The van der Waals surface area contributed by atoms with Gasteiger partial charge in [0.25, 0.3) is 5.69 Å². The molecule has 25 heavy (non-hydrogen) atoms. The molecule has 0 aromatic heterocycles. The van der Waals surface area contributed by atoms with Crippen molar-refractivity contribution in [2.75, 3.05) is 40.4 Å². The Kier molecular flexibility index (Phi) is 8.81. The predicted octanol–water partition coefficient (Wildman–Crippen LogP) is 0.0746. The van der Waals surface area contributed by atoms with Crippen LogP contribution in [0, 0.1) is 10.1 Å². The first-order chi connectivity index (χ1) is 11.9. The first-order valence-corrected chi connectivity index (χ1v) is 9.06. The molecule has 0 spiro atoms. The third kappa shape index (κ3) is 7.45. The lowest BCUT2D eigenvalue weighted by Gasteiger charge is -2.12. The number of rotatable bonds is 10. The topological polar surface area (TPSA) is 135 Å². The highest BCUT2D eigenvalue weighted by Crippen LogP contribution is 2.16. The van der Waals surface area contributed by atoms with E-state index < -0.39 is 14.9 Å². The maximum Gasteiger partial charge on any atom is 0.270 e. The summed E-state index contributed by atoms with van der Waals surface area (Å²) in [5.74, 6) is 0.547. The van der Waals surface area contributed by atoms with Crippen LogP contribution in [-0.4, -0.2) is 59.7 Å². The number of aliphatic imine (C=N–C) groups is 1. The Balaban J connectivity index is 2.46. The highest BCUT2D eigenvalue weighted by molar-refractivity contribution is 7.89. The van der Waals surface area contributed by atoms with Crippen molar-refractivity contribution in [3.63, 3.8) is 0 Å². The van der Waals surface area contributed by atoms with Gasteiger partial charge in [0.15, 0.2) is 5.96 Å². The minimum Gasteiger partial charge on any atom is -0.385 e. The molecule has 0 saturated heterocycles. The molecule has 10 nitrogen and oxygen atoms in total. The molecule has 0 unspecified atom stereocenters. The number of hydrogen-bond acceptors (Lipinski definition) is 6. The lowest BCUT2D eigenvalue weighted by molar-refractivity contribution is -0.385. The van der Waals surface area contributed by atoms with Gasteiger partial charge in [-0.3, -0.25) is 15.1 Å². The van der Waals surface area contributed by atoms with E-state index in [0.29, 0.717) is 25.7 Å². The molecule has 0 heterocycles. The molecule has 1 aromatic rings. The zero-order valence-electron chi connectivity index (χ0n) is 14.2. The molecule has 0 bridgehead atoms. The van der Waals surface area contributed by atoms with Crippen LogP contribution in [0.25, 0.3) is 0 Å². The van der Waals surface area contributed by atoms with Crippen LogP contribution in [0.5, 0.6) is 0 Å². The fourth-order valence-corrected chi connectivity index (χ4v) is 2.93. The molecule has 0 saturated carbocycles. The fourth-order valence-electron chi connectivity index (χ4n) is 1.86. The van der Waals surface area contributed by atoms with Crippen molar-refractivity contribution in [1.29, 1.82) is 0 Å². The standard InChI is InChI=1S/C14H23N5O5S/c1-15-14(16-7-4-10-24-2)17-8-9-18-25(22,23)13-6-3-5-12(11-13)19(20)21/h3,5-6,11,18H,4,7-10H2,1-2H3,(H2,15,16,17). The highest BCUT2D eigenvalue weighted by Gasteiger charge is 2.16. The highest BCUT2D eigenvalue weighted by atomic mass is 32.2. The quantitative estimate of drug-likeness (QED) is 0.174. The second-order valence-electron chi connectivity index (χ2n) is 4.92. The maximum absolute atomic E-state index is 12.1. The Hall–Kier alpha value is -2.24. The molecule has 0 amide bonds. The van der Waals surface area contributed by atoms with Gasteiger partial charge in [-0.25, -0.2) is 13.1 Å². The Bertz CT molecular complexity index is 693. The lowest BCUT2D eigenvalue weighted by Crippen LogP contribution is -2.41. The van der Waals surface area contributed by atoms with Crippen LogP contribution in [0.15, 0.2) is 34.2 Å². The van der Waals surface area contributed by atoms with Crippen LogP contribution in [0.2, 0.25) is 0 Å². The molecule has 0 aliphatic heterocycles.